The van der Waals surface area contributed by atoms with Gasteiger partial charge in [0.1, 0.15) is 0 Å². The molecule has 0 radical (unpaired) electrons. The summed E-state index contributed by atoms with van der Waals surface area (Å²) in [6.45, 7) is 2.99. The summed E-state index contributed by atoms with van der Waals surface area (Å²) in [5.74, 6) is 0.302. The number of sulfonamides is 1. The average molecular weight is 347 g/mol. The SMILES string of the molecule is C[C@H]1CCCN(S(=O)(=O)c2ccccc2Br)[C@@H]1CN. The fourth-order valence-corrected chi connectivity index (χ4v) is 5.38. The summed E-state index contributed by atoms with van der Waals surface area (Å²) in [6.07, 6.45) is 1.92. The van der Waals surface area contributed by atoms with E-state index in [1.54, 1.807) is 22.5 Å². The van der Waals surface area contributed by atoms with Gasteiger partial charge in [-0.25, -0.2) is 8.42 Å². The zero-order chi connectivity index (χ0) is 14.0. The van der Waals surface area contributed by atoms with E-state index in [1.807, 2.05) is 6.07 Å². The van der Waals surface area contributed by atoms with Crippen LogP contribution >= 0.6 is 15.9 Å². The van der Waals surface area contributed by atoms with Crippen LogP contribution in [-0.4, -0.2) is 31.9 Å². The minimum atomic E-state index is -3.48. The van der Waals surface area contributed by atoms with Gasteiger partial charge in [-0.2, -0.15) is 4.31 Å². The molecule has 0 unspecified atom stereocenters. The predicted octanol–water partition coefficient (Wildman–Crippen LogP) is 2.20. The van der Waals surface area contributed by atoms with Crippen molar-refractivity contribution in [3.63, 3.8) is 0 Å². The predicted molar refractivity (Wildman–Crippen MR) is 79.3 cm³/mol. The molecule has 1 saturated heterocycles. The quantitative estimate of drug-likeness (QED) is 0.912. The van der Waals surface area contributed by atoms with Crippen molar-refractivity contribution in [2.45, 2.75) is 30.7 Å². The van der Waals surface area contributed by atoms with Crippen molar-refractivity contribution < 1.29 is 8.42 Å². The van der Waals surface area contributed by atoms with Gasteiger partial charge in [0.15, 0.2) is 0 Å². The molecule has 0 bridgehead atoms. The highest BCUT2D eigenvalue weighted by atomic mass is 79.9. The summed E-state index contributed by atoms with van der Waals surface area (Å²) in [6, 6.07) is 6.82. The smallest absolute Gasteiger partial charge is 0.244 e. The third-order valence-corrected chi connectivity index (χ3v) is 6.67. The number of piperidine rings is 1. The highest BCUT2D eigenvalue weighted by Gasteiger charge is 2.37. The van der Waals surface area contributed by atoms with Gasteiger partial charge < -0.3 is 5.73 Å². The first-order chi connectivity index (χ1) is 8.98. The molecule has 1 aromatic carbocycles. The van der Waals surface area contributed by atoms with Crippen molar-refractivity contribution in [2.24, 2.45) is 11.7 Å². The van der Waals surface area contributed by atoms with Gasteiger partial charge in [0.05, 0.1) is 4.90 Å². The second-order valence-electron chi connectivity index (χ2n) is 4.97. The van der Waals surface area contributed by atoms with Crippen LogP contribution in [0.1, 0.15) is 19.8 Å². The Bertz CT molecular complexity index is 547. The number of rotatable bonds is 3. The van der Waals surface area contributed by atoms with Crippen LogP contribution in [0.2, 0.25) is 0 Å². The molecule has 6 heteroatoms. The number of benzene rings is 1. The Labute approximate surface area is 123 Å². The lowest BCUT2D eigenvalue weighted by molar-refractivity contribution is 0.192. The number of hydrogen-bond donors (Lipinski definition) is 1. The van der Waals surface area contributed by atoms with Gasteiger partial charge in [0, 0.05) is 23.6 Å². The molecule has 1 fully saturated rings. The van der Waals surface area contributed by atoms with Crippen LogP contribution in [-0.2, 0) is 10.0 Å². The average Bonchev–Trinajstić information content (AvgIpc) is 2.38. The molecular formula is C13H19BrN2O2S. The maximum atomic E-state index is 12.8. The molecule has 2 atom stereocenters. The van der Waals surface area contributed by atoms with Crippen molar-refractivity contribution in [3.8, 4) is 0 Å². The second kappa shape index (κ2) is 5.91. The Hall–Kier alpha value is -0.430. The highest BCUT2D eigenvalue weighted by Crippen LogP contribution is 2.31. The molecule has 106 valence electrons. The second-order valence-corrected chi connectivity index (χ2v) is 7.68. The maximum Gasteiger partial charge on any atom is 0.244 e. The Morgan fingerprint density at radius 1 is 1.42 bits per heavy atom. The van der Waals surface area contributed by atoms with Gasteiger partial charge in [-0.05, 0) is 46.8 Å². The van der Waals surface area contributed by atoms with E-state index in [0.29, 0.717) is 28.4 Å². The summed E-state index contributed by atoms with van der Waals surface area (Å²) >= 11 is 3.32. The van der Waals surface area contributed by atoms with Gasteiger partial charge in [-0.1, -0.05) is 19.1 Å². The van der Waals surface area contributed by atoms with Crippen LogP contribution in [0.3, 0.4) is 0 Å². The topological polar surface area (TPSA) is 63.4 Å². The van der Waals surface area contributed by atoms with E-state index in [1.165, 1.54) is 0 Å². The molecule has 1 aliphatic heterocycles. The molecule has 4 nitrogen and oxygen atoms in total. The van der Waals surface area contributed by atoms with Gasteiger partial charge in [0.2, 0.25) is 10.0 Å². The first-order valence-electron chi connectivity index (χ1n) is 6.45. The fraction of sp³-hybridized carbons (Fsp3) is 0.538. The molecule has 0 aliphatic carbocycles. The van der Waals surface area contributed by atoms with Crippen molar-refractivity contribution >= 4 is 26.0 Å². The van der Waals surface area contributed by atoms with Crippen LogP contribution in [0.5, 0.6) is 0 Å². The highest BCUT2D eigenvalue weighted by molar-refractivity contribution is 9.10. The van der Waals surface area contributed by atoms with Gasteiger partial charge in [-0.15, -0.1) is 0 Å². The van der Waals surface area contributed by atoms with Crippen LogP contribution in [0.4, 0.5) is 0 Å². The van der Waals surface area contributed by atoms with E-state index in [0.717, 1.165) is 12.8 Å². The van der Waals surface area contributed by atoms with E-state index in [9.17, 15) is 8.42 Å². The van der Waals surface area contributed by atoms with E-state index in [4.69, 9.17) is 5.73 Å². The number of nitrogens with zero attached hydrogens (tertiary/aromatic N) is 1. The van der Waals surface area contributed by atoms with Crippen LogP contribution < -0.4 is 5.73 Å². The summed E-state index contributed by atoms with van der Waals surface area (Å²) in [4.78, 5) is 0.322. The molecule has 19 heavy (non-hydrogen) atoms. The van der Waals surface area contributed by atoms with Crippen molar-refractivity contribution in [1.29, 1.82) is 0 Å². The number of nitrogens with two attached hydrogens (primary N) is 1. The fourth-order valence-electron chi connectivity index (χ4n) is 2.64. The summed E-state index contributed by atoms with van der Waals surface area (Å²) in [5, 5.41) is 0. The first-order valence-corrected chi connectivity index (χ1v) is 8.68. The standard InChI is InChI=1S/C13H19BrN2O2S/c1-10-5-4-8-16(12(10)9-15)19(17,18)13-7-3-2-6-11(13)14/h2-3,6-7,10,12H,4-5,8-9,15H2,1H3/t10-,12+/m0/s1. The monoisotopic (exact) mass is 346 g/mol. The molecule has 1 aliphatic rings. The lowest BCUT2D eigenvalue weighted by Gasteiger charge is -2.38. The molecular weight excluding hydrogens is 328 g/mol. The zero-order valence-electron chi connectivity index (χ0n) is 10.9. The summed E-state index contributed by atoms with van der Waals surface area (Å²) in [5.41, 5.74) is 5.78. The van der Waals surface area contributed by atoms with Crippen LogP contribution in [0, 0.1) is 5.92 Å². The minimum absolute atomic E-state index is 0.106. The summed E-state index contributed by atoms with van der Waals surface area (Å²) < 4.78 is 27.7. The minimum Gasteiger partial charge on any atom is -0.329 e. The lowest BCUT2D eigenvalue weighted by atomic mass is 9.93. The van der Waals surface area contributed by atoms with Gasteiger partial charge in [0.25, 0.3) is 0 Å². The maximum absolute atomic E-state index is 12.8. The molecule has 0 spiro atoms. The number of halogens is 1. The van der Waals surface area contributed by atoms with Crippen molar-refractivity contribution in [2.75, 3.05) is 13.1 Å². The van der Waals surface area contributed by atoms with Crippen molar-refractivity contribution in [3.05, 3.63) is 28.7 Å². The van der Waals surface area contributed by atoms with E-state index < -0.39 is 10.0 Å². The van der Waals surface area contributed by atoms with E-state index in [2.05, 4.69) is 22.9 Å². The van der Waals surface area contributed by atoms with Crippen LogP contribution in [0.15, 0.2) is 33.6 Å². The molecule has 2 N–H and O–H groups in total. The Morgan fingerprint density at radius 2 is 2.11 bits per heavy atom. The molecule has 0 amide bonds. The largest absolute Gasteiger partial charge is 0.329 e. The zero-order valence-corrected chi connectivity index (χ0v) is 13.3. The Balaban J connectivity index is 2.41. The Kier molecular flexibility index (Phi) is 4.66. The lowest BCUT2D eigenvalue weighted by Crippen LogP contribution is -2.51. The third-order valence-electron chi connectivity index (χ3n) is 3.73. The van der Waals surface area contributed by atoms with Crippen LogP contribution in [0.25, 0.3) is 0 Å². The van der Waals surface area contributed by atoms with Crippen molar-refractivity contribution in [1.82, 2.24) is 4.31 Å². The number of hydrogen-bond acceptors (Lipinski definition) is 3. The molecule has 1 aromatic rings. The van der Waals surface area contributed by atoms with Gasteiger partial charge >= 0.3 is 0 Å². The normalized spacial score (nSPS) is 25.4. The molecule has 2 rings (SSSR count). The molecule has 0 saturated carbocycles. The van der Waals surface area contributed by atoms with Gasteiger partial charge in [-0.3, -0.25) is 0 Å². The third kappa shape index (κ3) is 2.86. The molecule has 1 heterocycles. The first kappa shape index (κ1) is 15.0. The Morgan fingerprint density at radius 3 is 2.74 bits per heavy atom. The van der Waals surface area contributed by atoms with E-state index in [-0.39, 0.29) is 6.04 Å². The molecule has 0 aromatic heterocycles. The summed E-state index contributed by atoms with van der Waals surface area (Å²) in [7, 11) is -3.48. The van der Waals surface area contributed by atoms with E-state index >= 15 is 0 Å².